The molecule has 0 bridgehead atoms. The van der Waals surface area contributed by atoms with E-state index in [0.717, 1.165) is 38.5 Å². The second-order valence-electron chi connectivity index (χ2n) is 5.86. The van der Waals surface area contributed by atoms with Gasteiger partial charge in [0.15, 0.2) is 0 Å². The summed E-state index contributed by atoms with van der Waals surface area (Å²) in [6.45, 7) is 0. The summed E-state index contributed by atoms with van der Waals surface area (Å²) in [5.41, 5.74) is 5.30. The van der Waals surface area contributed by atoms with E-state index < -0.39 is 5.41 Å². The number of methoxy groups -OCH3 is 1. The maximum atomic E-state index is 12.6. The maximum absolute atomic E-state index is 12.6. The van der Waals surface area contributed by atoms with Crippen molar-refractivity contribution in [2.75, 3.05) is 7.11 Å². The molecule has 108 valence electrons. The van der Waals surface area contributed by atoms with E-state index in [9.17, 15) is 4.79 Å². The third kappa shape index (κ3) is 3.08. The average molecular weight is 284 g/mol. The maximum Gasteiger partial charge on any atom is 0.233 e. The summed E-state index contributed by atoms with van der Waals surface area (Å²) in [6, 6.07) is 0.229. The van der Waals surface area contributed by atoms with Crippen LogP contribution in [-0.4, -0.2) is 30.2 Å². The molecule has 2 fully saturated rings. The Labute approximate surface area is 120 Å². The van der Waals surface area contributed by atoms with Crippen LogP contribution in [0, 0.1) is 5.41 Å². The normalized spacial score (nSPS) is 29.9. The van der Waals surface area contributed by atoms with Gasteiger partial charge in [-0.25, -0.2) is 0 Å². The summed E-state index contributed by atoms with van der Waals surface area (Å²) in [5, 5.41) is 3.11. The van der Waals surface area contributed by atoms with Crippen molar-refractivity contribution >= 4 is 23.1 Å². The Hall–Kier alpha value is -0.680. The summed E-state index contributed by atoms with van der Waals surface area (Å²) < 4.78 is 5.23. The number of thiocarbonyl (C=S) groups is 1. The van der Waals surface area contributed by atoms with Crippen LogP contribution in [0.2, 0.25) is 0 Å². The van der Waals surface area contributed by atoms with Crippen LogP contribution in [0.5, 0.6) is 0 Å². The first kappa shape index (κ1) is 14.7. The molecular weight excluding hydrogens is 260 g/mol. The number of carbonyl (C=O) groups excluding carboxylic acids is 1. The van der Waals surface area contributed by atoms with Gasteiger partial charge in [0.25, 0.3) is 0 Å². The number of ether oxygens (including phenoxy) is 1. The van der Waals surface area contributed by atoms with Crippen molar-refractivity contribution in [3.05, 3.63) is 0 Å². The first-order valence-electron chi connectivity index (χ1n) is 7.22. The molecule has 19 heavy (non-hydrogen) atoms. The third-order valence-electron chi connectivity index (χ3n) is 4.63. The Balaban J connectivity index is 1.98. The number of rotatable bonds is 4. The number of carbonyl (C=O) groups is 1. The Morgan fingerprint density at radius 1 is 1.26 bits per heavy atom. The zero-order valence-electron chi connectivity index (χ0n) is 11.6. The molecule has 1 amide bonds. The number of hydrogen-bond acceptors (Lipinski definition) is 3. The first-order chi connectivity index (χ1) is 9.08. The van der Waals surface area contributed by atoms with E-state index in [1.54, 1.807) is 7.11 Å². The fourth-order valence-electron chi connectivity index (χ4n) is 3.12. The molecule has 0 aromatic rings. The number of nitrogens with two attached hydrogens (primary N) is 1. The lowest BCUT2D eigenvalue weighted by Crippen LogP contribution is -2.55. The lowest BCUT2D eigenvalue weighted by atomic mass is 9.78. The van der Waals surface area contributed by atoms with Crippen LogP contribution in [0.15, 0.2) is 0 Å². The number of nitrogens with one attached hydrogen (secondary N) is 1. The minimum Gasteiger partial charge on any atom is -0.392 e. The fraction of sp³-hybridized carbons (Fsp3) is 0.857. The van der Waals surface area contributed by atoms with Crippen LogP contribution in [-0.2, 0) is 9.53 Å². The molecule has 3 N–H and O–H groups in total. The minimum atomic E-state index is -0.607. The summed E-state index contributed by atoms with van der Waals surface area (Å²) in [7, 11) is 1.71. The van der Waals surface area contributed by atoms with E-state index in [1.165, 1.54) is 12.8 Å². The van der Waals surface area contributed by atoms with Crippen LogP contribution < -0.4 is 11.1 Å². The van der Waals surface area contributed by atoms with Crippen molar-refractivity contribution in [3.63, 3.8) is 0 Å². The Morgan fingerprint density at radius 2 is 1.84 bits per heavy atom. The zero-order chi connectivity index (χ0) is 13.9. The molecular formula is C14H24N2O2S. The van der Waals surface area contributed by atoms with Gasteiger partial charge in [0, 0.05) is 13.2 Å². The van der Waals surface area contributed by atoms with Gasteiger partial charge in [-0.15, -0.1) is 0 Å². The minimum absolute atomic E-state index is 0.0430. The monoisotopic (exact) mass is 284 g/mol. The van der Waals surface area contributed by atoms with Crippen LogP contribution in [0.1, 0.15) is 51.4 Å². The molecule has 0 unspecified atom stereocenters. The molecule has 0 atom stereocenters. The van der Waals surface area contributed by atoms with Gasteiger partial charge in [-0.2, -0.15) is 0 Å². The topological polar surface area (TPSA) is 64.3 Å². The molecule has 0 aliphatic heterocycles. The van der Waals surface area contributed by atoms with Gasteiger partial charge >= 0.3 is 0 Å². The van der Waals surface area contributed by atoms with Crippen LogP contribution >= 0.6 is 12.2 Å². The predicted molar refractivity (Wildman–Crippen MR) is 78.9 cm³/mol. The van der Waals surface area contributed by atoms with E-state index in [1.807, 2.05) is 0 Å². The van der Waals surface area contributed by atoms with E-state index >= 15 is 0 Å². The smallest absolute Gasteiger partial charge is 0.233 e. The molecule has 2 saturated carbocycles. The molecule has 2 rings (SSSR count). The molecule has 0 heterocycles. The van der Waals surface area contributed by atoms with E-state index in [4.69, 9.17) is 22.7 Å². The van der Waals surface area contributed by atoms with Gasteiger partial charge in [0.2, 0.25) is 5.91 Å². The molecule has 0 radical (unpaired) electrons. The van der Waals surface area contributed by atoms with Crippen molar-refractivity contribution in [3.8, 4) is 0 Å². The lowest BCUT2D eigenvalue weighted by Gasteiger charge is -2.38. The number of amides is 1. The summed E-state index contributed by atoms with van der Waals surface area (Å²) in [6.07, 6.45) is 8.11. The van der Waals surface area contributed by atoms with Gasteiger partial charge < -0.3 is 15.8 Å². The number of hydrogen-bond donors (Lipinski definition) is 2. The van der Waals surface area contributed by atoms with E-state index in [2.05, 4.69) is 5.32 Å². The van der Waals surface area contributed by atoms with Crippen molar-refractivity contribution in [1.29, 1.82) is 0 Å². The molecule has 2 aliphatic carbocycles. The highest BCUT2D eigenvalue weighted by Crippen LogP contribution is 2.36. The second kappa shape index (κ2) is 6.18. The molecule has 4 nitrogen and oxygen atoms in total. The van der Waals surface area contributed by atoms with Crippen molar-refractivity contribution in [2.45, 2.75) is 63.5 Å². The quantitative estimate of drug-likeness (QED) is 0.611. The highest BCUT2D eigenvalue weighted by Gasteiger charge is 2.43. The van der Waals surface area contributed by atoms with E-state index in [0.29, 0.717) is 11.1 Å². The van der Waals surface area contributed by atoms with Gasteiger partial charge in [0.05, 0.1) is 16.5 Å². The Bertz CT molecular complexity index is 345. The molecule has 0 aromatic heterocycles. The molecule has 0 saturated heterocycles. The van der Waals surface area contributed by atoms with Crippen molar-refractivity contribution in [2.24, 2.45) is 11.1 Å². The summed E-state index contributed by atoms with van der Waals surface area (Å²) in [4.78, 5) is 13.0. The third-order valence-corrected chi connectivity index (χ3v) is 5.02. The van der Waals surface area contributed by atoms with Gasteiger partial charge in [-0.3, -0.25) is 4.79 Å². The average Bonchev–Trinajstić information content (AvgIpc) is 2.59. The van der Waals surface area contributed by atoms with Crippen molar-refractivity contribution < 1.29 is 9.53 Å². The first-order valence-corrected chi connectivity index (χ1v) is 7.63. The van der Waals surface area contributed by atoms with Crippen LogP contribution in [0.4, 0.5) is 0 Å². The van der Waals surface area contributed by atoms with Crippen LogP contribution in [0.3, 0.4) is 0 Å². The molecule has 0 spiro atoms. The highest BCUT2D eigenvalue weighted by atomic mass is 32.1. The second-order valence-corrected chi connectivity index (χ2v) is 6.30. The molecule has 0 aromatic carbocycles. The summed E-state index contributed by atoms with van der Waals surface area (Å²) in [5.74, 6) is 0.0430. The van der Waals surface area contributed by atoms with Gasteiger partial charge in [-0.05, 0) is 25.7 Å². The molecule has 5 heteroatoms. The fourth-order valence-corrected chi connectivity index (χ4v) is 3.41. The lowest BCUT2D eigenvalue weighted by molar-refractivity contribution is -0.130. The zero-order valence-corrected chi connectivity index (χ0v) is 12.4. The Kier molecular flexibility index (Phi) is 4.79. The Morgan fingerprint density at radius 3 is 2.32 bits per heavy atom. The standard InChI is InChI=1S/C14H24N2O2S/c1-18-11-8-10(9-11)16-13(17)14(12(15)19)6-4-2-3-5-7-14/h10-11H,2-9H2,1H3,(H2,15,19)(H,16,17). The van der Waals surface area contributed by atoms with Crippen molar-refractivity contribution in [1.82, 2.24) is 5.32 Å². The molecule has 2 aliphatic rings. The predicted octanol–water partition coefficient (Wildman–Crippen LogP) is 1.91. The summed E-state index contributed by atoms with van der Waals surface area (Å²) >= 11 is 5.21. The van der Waals surface area contributed by atoms with E-state index in [-0.39, 0.29) is 11.9 Å². The van der Waals surface area contributed by atoms with Gasteiger partial charge in [0.1, 0.15) is 0 Å². The van der Waals surface area contributed by atoms with Crippen LogP contribution in [0.25, 0.3) is 0 Å². The van der Waals surface area contributed by atoms with Gasteiger partial charge in [-0.1, -0.05) is 37.9 Å². The largest absolute Gasteiger partial charge is 0.392 e. The highest BCUT2D eigenvalue weighted by molar-refractivity contribution is 7.80. The SMILES string of the molecule is COC1CC(NC(=O)C2(C(N)=S)CCCCCC2)C1.